The Kier molecular flexibility index (Phi) is 5.16. The molecule has 0 saturated heterocycles. The van der Waals surface area contributed by atoms with Crippen LogP contribution in [-0.2, 0) is 12.1 Å². The molecule has 1 saturated carbocycles. The van der Waals surface area contributed by atoms with Crippen molar-refractivity contribution >= 4 is 0 Å². The SMILES string of the molecule is CC(C)(O)c1cn([C@@H]2CCCC[C@@H]2NCc2cccc(C#N)c2)nn1. The maximum absolute atomic E-state index is 10.1. The maximum Gasteiger partial charge on any atom is 0.114 e. The van der Waals surface area contributed by atoms with Gasteiger partial charge in [0.2, 0.25) is 0 Å². The molecule has 2 N–H and O–H groups in total. The minimum Gasteiger partial charge on any atom is -0.384 e. The highest BCUT2D eigenvalue weighted by atomic mass is 16.3. The molecule has 25 heavy (non-hydrogen) atoms. The summed E-state index contributed by atoms with van der Waals surface area (Å²) in [6.45, 7) is 4.17. The summed E-state index contributed by atoms with van der Waals surface area (Å²) >= 11 is 0. The van der Waals surface area contributed by atoms with Crippen molar-refractivity contribution in [2.45, 2.75) is 63.8 Å². The number of nitrogens with one attached hydrogen (secondary N) is 1. The largest absolute Gasteiger partial charge is 0.384 e. The Labute approximate surface area is 148 Å². The summed E-state index contributed by atoms with van der Waals surface area (Å²) in [4.78, 5) is 0. The van der Waals surface area contributed by atoms with Gasteiger partial charge in [-0.3, -0.25) is 0 Å². The molecule has 1 aliphatic rings. The minimum atomic E-state index is -0.979. The van der Waals surface area contributed by atoms with Crippen molar-refractivity contribution in [1.29, 1.82) is 5.26 Å². The molecule has 6 heteroatoms. The van der Waals surface area contributed by atoms with Gasteiger partial charge in [-0.2, -0.15) is 5.26 Å². The quantitative estimate of drug-likeness (QED) is 0.874. The molecule has 0 bridgehead atoms. The molecule has 3 rings (SSSR count). The fourth-order valence-corrected chi connectivity index (χ4v) is 3.38. The van der Waals surface area contributed by atoms with Crippen molar-refractivity contribution in [3.63, 3.8) is 0 Å². The van der Waals surface area contributed by atoms with Crippen LogP contribution >= 0.6 is 0 Å². The highest BCUT2D eigenvalue weighted by molar-refractivity contribution is 5.32. The van der Waals surface area contributed by atoms with Crippen LogP contribution in [0.15, 0.2) is 30.5 Å². The molecular formula is C19H25N5O. The summed E-state index contributed by atoms with van der Waals surface area (Å²) in [5.74, 6) is 0. The molecule has 1 heterocycles. The lowest BCUT2D eigenvalue weighted by Gasteiger charge is -2.32. The standard InChI is InChI=1S/C19H25N5O/c1-19(2,25)18-13-24(23-22-18)17-9-4-3-8-16(17)21-12-15-7-5-6-14(10-15)11-20/h5-7,10,13,16-17,21,25H,3-4,8-9,12H2,1-2H3/t16-,17+/m0/s1. The fraction of sp³-hybridized carbons (Fsp3) is 0.526. The van der Waals surface area contributed by atoms with Crippen molar-refractivity contribution in [3.05, 3.63) is 47.3 Å². The van der Waals surface area contributed by atoms with Crippen molar-refractivity contribution in [2.24, 2.45) is 0 Å². The third kappa shape index (κ3) is 4.25. The van der Waals surface area contributed by atoms with E-state index < -0.39 is 5.60 Å². The van der Waals surface area contributed by atoms with Crippen LogP contribution in [0.1, 0.15) is 62.4 Å². The van der Waals surface area contributed by atoms with Gasteiger partial charge in [0.15, 0.2) is 0 Å². The second-order valence-corrected chi connectivity index (χ2v) is 7.29. The zero-order valence-electron chi connectivity index (χ0n) is 14.8. The zero-order chi connectivity index (χ0) is 17.9. The predicted octanol–water partition coefficient (Wildman–Crippen LogP) is 2.65. The number of rotatable bonds is 5. The van der Waals surface area contributed by atoms with Gasteiger partial charge >= 0.3 is 0 Å². The Bertz CT molecular complexity index is 756. The van der Waals surface area contributed by atoms with Crippen LogP contribution in [0, 0.1) is 11.3 Å². The number of hydrogen-bond donors (Lipinski definition) is 2. The number of aromatic nitrogens is 3. The van der Waals surface area contributed by atoms with Crippen LogP contribution in [0.4, 0.5) is 0 Å². The van der Waals surface area contributed by atoms with Crippen LogP contribution < -0.4 is 5.32 Å². The predicted molar refractivity (Wildman–Crippen MR) is 94.6 cm³/mol. The van der Waals surface area contributed by atoms with Crippen molar-refractivity contribution < 1.29 is 5.11 Å². The summed E-state index contributed by atoms with van der Waals surface area (Å²) in [6, 6.07) is 10.4. The van der Waals surface area contributed by atoms with Gasteiger partial charge in [-0.05, 0) is 44.4 Å². The van der Waals surface area contributed by atoms with Crippen LogP contribution in [0.2, 0.25) is 0 Å². The Morgan fingerprint density at radius 1 is 1.36 bits per heavy atom. The molecule has 6 nitrogen and oxygen atoms in total. The third-order valence-electron chi connectivity index (χ3n) is 4.83. The van der Waals surface area contributed by atoms with Gasteiger partial charge in [0.1, 0.15) is 11.3 Å². The first-order valence-electron chi connectivity index (χ1n) is 8.84. The van der Waals surface area contributed by atoms with E-state index in [0.717, 1.165) is 24.9 Å². The van der Waals surface area contributed by atoms with E-state index in [9.17, 15) is 5.11 Å². The first-order valence-corrected chi connectivity index (χ1v) is 8.84. The van der Waals surface area contributed by atoms with Crippen LogP contribution in [0.5, 0.6) is 0 Å². The topological polar surface area (TPSA) is 86.8 Å². The van der Waals surface area contributed by atoms with Crippen molar-refractivity contribution in [2.75, 3.05) is 0 Å². The summed E-state index contributed by atoms with van der Waals surface area (Å²) in [5, 5.41) is 31.2. The Morgan fingerprint density at radius 2 is 2.16 bits per heavy atom. The lowest BCUT2D eigenvalue weighted by atomic mass is 9.90. The van der Waals surface area contributed by atoms with E-state index in [1.807, 2.05) is 35.1 Å². The Hall–Kier alpha value is -2.23. The van der Waals surface area contributed by atoms with Gasteiger partial charge < -0.3 is 10.4 Å². The molecule has 0 spiro atoms. The molecule has 1 aromatic heterocycles. The maximum atomic E-state index is 10.1. The molecule has 2 aromatic rings. The number of benzene rings is 1. The van der Waals surface area contributed by atoms with Crippen LogP contribution in [-0.4, -0.2) is 26.1 Å². The first-order chi connectivity index (χ1) is 12.0. The molecule has 132 valence electrons. The smallest absolute Gasteiger partial charge is 0.114 e. The molecule has 1 aliphatic carbocycles. The number of aliphatic hydroxyl groups is 1. The van der Waals surface area contributed by atoms with E-state index in [4.69, 9.17) is 5.26 Å². The molecule has 0 unspecified atom stereocenters. The normalized spacial score (nSPS) is 21.0. The van der Waals surface area contributed by atoms with E-state index >= 15 is 0 Å². The molecule has 2 atom stereocenters. The lowest BCUT2D eigenvalue weighted by Crippen LogP contribution is -2.39. The van der Waals surface area contributed by atoms with Gasteiger partial charge in [0.05, 0.1) is 23.9 Å². The van der Waals surface area contributed by atoms with Gasteiger partial charge in [-0.15, -0.1) is 5.10 Å². The lowest BCUT2D eigenvalue weighted by molar-refractivity contribution is 0.0736. The van der Waals surface area contributed by atoms with Crippen molar-refractivity contribution in [1.82, 2.24) is 20.3 Å². The number of nitriles is 1. The zero-order valence-corrected chi connectivity index (χ0v) is 14.8. The summed E-state index contributed by atoms with van der Waals surface area (Å²) in [7, 11) is 0. The van der Waals surface area contributed by atoms with Crippen LogP contribution in [0.3, 0.4) is 0 Å². The highest BCUT2D eigenvalue weighted by Crippen LogP contribution is 2.29. The molecule has 1 fully saturated rings. The molecular weight excluding hydrogens is 314 g/mol. The summed E-state index contributed by atoms with van der Waals surface area (Å²) < 4.78 is 1.90. The van der Waals surface area contributed by atoms with Crippen LogP contribution in [0.25, 0.3) is 0 Å². The second-order valence-electron chi connectivity index (χ2n) is 7.29. The van der Waals surface area contributed by atoms with E-state index in [0.29, 0.717) is 17.3 Å². The van der Waals surface area contributed by atoms with E-state index in [1.54, 1.807) is 13.8 Å². The first kappa shape index (κ1) is 17.6. The molecule has 0 amide bonds. The van der Waals surface area contributed by atoms with Gasteiger partial charge in [0, 0.05) is 12.6 Å². The minimum absolute atomic E-state index is 0.233. The fourth-order valence-electron chi connectivity index (χ4n) is 3.38. The number of hydrogen-bond acceptors (Lipinski definition) is 5. The third-order valence-corrected chi connectivity index (χ3v) is 4.83. The summed E-state index contributed by atoms with van der Waals surface area (Å²) in [6.07, 6.45) is 6.36. The van der Waals surface area contributed by atoms with E-state index in [2.05, 4.69) is 21.7 Å². The monoisotopic (exact) mass is 339 g/mol. The average molecular weight is 339 g/mol. The molecule has 0 radical (unpaired) electrons. The van der Waals surface area contributed by atoms with Gasteiger partial charge in [-0.1, -0.05) is 30.2 Å². The van der Waals surface area contributed by atoms with E-state index in [-0.39, 0.29) is 6.04 Å². The summed E-state index contributed by atoms with van der Waals surface area (Å²) in [5.41, 5.74) is 1.41. The second kappa shape index (κ2) is 7.34. The average Bonchev–Trinajstić information content (AvgIpc) is 3.11. The highest BCUT2D eigenvalue weighted by Gasteiger charge is 2.29. The molecule has 0 aliphatic heterocycles. The Morgan fingerprint density at radius 3 is 2.88 bits per heavy atom. The van der Waals surface area contributed by atoms with Gasteiger partial charge in [-0.25, -0.2) is 4.68 Å². The van der Waals surface area contributed by atoms with Gasteiger partial charge in [0.25, 0.3) is 0 Å². The Balaban J connectivity index is 1.70. The number of nitrogens with zero attached hydrogens (tertiary/aromatic N) is 4. The van der Waals surface area contributed by atoms with Crippen molar-refractivity contribution in [3.8, 4) is 6.07 Å². The van der Waals surface area contributed by atoms with E-state index in [1.165, 1.54) is 12.8 Å². The molecule has 1 aromatic carbocycles.